The van der Waals surface area contributed by atoms with Gasteiger partial charge in [0.2, 0.25) is 0 Å². The van der Waals surface area contributed by atoms with Gasteiger partial charge in [-0.1, -0.05) is 25.5 Å². The summed E-state index contributed by atoms with van der Waals surface area (Å²) in [7, 11) is 4.64. The quantitative estimate of drug-likeness (QED) is 0.455. The second kappa shape index (κ2) is 9.32. The van der Waals surface area contributed by atoms with Crippen LogP contribution in [0, 0.1) is 0 Å². The maximum Gasteiger partial charge on any atom is 0.337 e. The summed E-state index contributed by atoms with van der Waals surface area (Å²) in [6, 6.07) is 15.0. The van der Waals surface area contributed by atoms with Crippen LogP contribution in [-0.4, -0.2) is 27.3 Å². The fourth-order valence-electron chi connectivity index (χ4n) is 3.23. The van der Waals surface area contributed by atoms with Gasteiger partial charge in [-0.3, -0.25) is 0 Å². The lowest BCUT2D eigenvalue weighted by molar-refractivity contribution is 0.0600. The van der Waals surface area contributed by atoms with Gasteiger partial charge in [-0.15, -0.1) is 0 Å². The molecule has 29 heavy (non-hydrogen) atoms. The van der Waals surface area contributed by atoms with Gasteiger partial charge in [-0.25, -0.2) is 4.79 Å². The minimum absolute atomic E-state index is 0.358. The summed E-state index contributed by atoms with van der Waals surface area (Å²) in [4.78, 5) is 11.7. The van der Waals surface area contributed by atoms with Gasteiger partial charge in [0, 0.05) is 11.6 Å². The molecule has 0 saturated heterocycles. The molecule has 0 aliphatic rings. The number of aryl methyl sites for hydroxylation is 1. The van der Waals surface area contributed by atoms with Crippen LogP contribution < -0.4 is 9.47 Å². The van der Waals surface area contributed by atoms with Crippen LogP contribution in [0.5, 0.6) is 11.5 Å². The molecule has 0 aliphatic carbocycles. The van der Waals surface area contributed by atoms with E-state index in [-0.39, 0.29) is 5.97 Å². The Bertz CT molecular complexity index is 969. The summed E-state index contributed by atoms with van der Waals surface area (Å²) in [5.41, 5.74) is 3.42. The van der Waals surface area contributed by atoms with Crippen molar-refractivity contribution in [2.24, 2.45) is 0 Å². The lowest BCUT2D eigenvalue weighted by Crippen LogP contribution is -2.00. The molecule has 5 heteroatoms. The molecule has 5 nitrogen and oxygen atoms in total. The summed E-state index contributed by atoms with van der Waals surface area (Å²) < 4.78 is 21.9. The normalized spacial score (nSPS) is 10.6. The second-order valence-electron chi connectivity index (χ2n) is 6.70. The first kappa shape index (κ1) is 20.5. The molecule has 3 rings (SSSR count). The van der Waals surface area contributed by atoms with Gasteiger partial charge in [-0.2, -0.15) is 0 Å². The van der Waals surface area contributed by atoms with Crippen molar-refractivity contribution in [3.63, 3.8) is 0 Å². The van der Waals surface area contributed by atoms with E-state index in [1.54, 1.807) is 26.4 Å². The number of rotatable bonds is 8. The van der Waals surface area contributed by atoms with Crippen molar-refractivity contribution in [2.75, 3.05) is 21.3 Å². The highest BCUT2D eigenvalue weighted by Crippen LogP contribution is 2.39. The van der Waals surface area contributed by atoms with Crippen molar-refractivity contribution >= 4 is 5.97 Å². The van der Waals surface area contributed by atoms with E-state index in [1.165, 1.54) is 7.11 Å². The van der Waals surface area contributed by atoms with E-state index in [0.717, 1.165) is 53.2 Å². The molecule has 2 aromatic carbocycles. The third-order valence-corrected chi connectivity index (χ3v) is 4.85. The van der Waals surface area contributed by atoms with Crippen LogP contribution in [0.4, 0.5) is 0 Å². The average molecular weight is 394 g/mol. The van der Waals surface area contributed by atoms with E-state index in [2.05, 4.69) is 13.0 Å². The predicted molar refractivity (Wildman–Crippen MR) is 113 cm³/mol. The monoisotopic (exact) mass is 394 g/mol. The molecular formula is C24H26O5. The van der Waals surface area contributed by atoms with Crippen LogP contribution in [-0.2, 0) is 11.2 Å². The predicted octanol–water partition coefficient (Wildman–Crippen LogP) is 5.76. The SMILES string of the molecule is CCCCc1cc(-c2ccc(C(=O)OC)cc2)oc1-c1ccc(OC)cc1OC. The Hall–Kier alpha value is -3.21. The smallest absolute Gasteiger partial charge is 0.337 e. The number of hydrogen-bond donors (Lipinski definition) is 0. The van der Waals surface area contributed by atoms with E-state index in [9.17, 15) is 4.79 Å². The second-order valence-corrected chi connectivity index (χ2v) is 6.70. The summed E-state index contributed by atoms with van der Waals surface area (Å²) in [5.74, 6) is 2.61. The molecule has 1 aromatic heterocycles. The van der Waals surface area contributed by atoms with E-state index < -0.39 is 0 Å². The molecule has 152 valence electrons. The van der Waals surface area contributed by atoms with Gasteiger partial charge < -0.3 is 18.6 Å². The molecule has 0 N–H and O–H groups in total. The van der Waals surface area contributed by atoms with Gasteiger partial charge in [0.25, 0.3) is 0 Å². The molecule has 0 spiro atoms. The van der Waals surface area contributed by atoms with Crippen molar-refractivity contribution in [3.05, 3.63) is 59.7 Å². The zero-order chi connectivity index (χ0) is 20.8. The van der Waals surface area contributed by atoms with Crippen LogP contribution >= 0.6 is 0 Å². The third kappa shape index (κ3) is 4.45. The van der Waals surface area contributed by atoms with Crippen molar-refractivity contribution in [3.8, 4) is 34.1 Å². The molecule has 1 heterocycles. The van der Waals surface area contributed by atoms with Gasteiger partial charge in [0.1, 0.15) is 23.0 Å². The summed E-state index contributed by atoms with van der Waals surface area (Å²) in [5, 5.41) is 0. The van der Waals surface area contributed by atoms with E-state index >= 15 is 0 Å². The largest absolute Gasteiger partial charge is 0.497 e. The number of unbranched alkanes of at least 4 members (excludes halogenated alkanes) is 1. The molecule has 0 unspecified atom stereocenters. The Labute approximate surface area is 171 Å². The Morgan fingerprint density at radius 1 is 0.966 bits per heavy atom. The summed E-state index contributed by atoms with van der Waals surface area (Å²) in [6.45, 7) is 2.17. The molecule has 0 aliphatic heterocycles. The topological polar surface area (TPSA) is 57.9 Å². The van der Waals surface area contributed by atoms with Crippen LogP contribution in [0.2, 0.25) is 0 Å². The fraction of sp³-hybridized carbons (Fsp3) is 0.292. The number of esters is 1. The first-order chi connectivity index (χ1) is 14.1. The van der Waals surface area contributed by atoms with Gasteiger partial charge in [0.05, 0.1) is 32.5 Å². The zero-order valence-corrected chi connectivity index (χ0v) is 17.3. The number of methoxy groups -OCH3 is 3. The highest BCUT2D eigenvalue weighted by atomic mass is 16.5. The molecule has 0 amide bonds. The van der Waals surface area contributed by atoms with Gasteiger partial charge in [0.15, 0.2) is 0 Å². The minimum atomic E-state index is -0.358. The standard InChI is InChI=1S/C24H26O5/c1-5-6-7-18-14-21(16-8-10-17(11-9-16)24(25)28-4)29-23(18)20-13-12-19(26-2)15-22(20)27-3/h8-15H,5-7H2,1-4H3. The number of carbonyl (C=O) groups is 1. The van der Waals surface area contributed by atoms with E-state index in [0.29, 0.717) is 11.3 Å². The number of benzene rings is 2. The van der Waals surface area contributed by atoms with E-state index in [1.807, 2.05) is 30.3 Å². The summed E-state index contributed by atoms with van der Waals surface area (Å²) >= 11 is 0. The fourth-order valence-corrected chi connectivity index (χ4v) is 3.23. The number of furan rings is 1. The minimum Gasteiger partial charge on any atom is -0.497 e. The number of carbonyl (C=O) groups excluding carboxylic acids is 1. The van der Waals surface area contributed by atoms with Crippen LogP contribution in [0.25, 0.3) is 22.6 Å². The Morgan fingerprint density at radius 3 is 2.34 bits per heavy atom. The van der Waals surface area contributed by atoms with Crippen molar-refractivity contribution in [2.45, 2.75) is 26.2 Å². The number of hydrogen-bond acceptors (Lipinski definition) is 5. The van der Waals surface area contributed by atoms with Crippen molar-refractivity contribution in [1.82, 2.24) is 0 Å². The molecule has 0 saturated carbocycles. The average Bonchev–Trinajstić information content (AvgIpc) is 3.20. The maximum absolute atomic E-state index is 11.7. The number of ether oxygens (including phenoxy) is 3. The van der Waals surface area contributed by atoms with Gasteiger partial charge in [-0.05, 0) is 48.7 Å². The molecular weight excluding hydrogens is 368 g/mol. The van der Waals surface area contributed by atoms with Gasteiger partial charge >= 0.3 is 5.97 Å². The molecule has 0 radical (unpaired) electrons. The maximum atomic E-state index is 11.7. The lowest BCUT2D eigenvalue weighted by Gasteiger charge is -2.10. The summed E-state index contributed by atoms with van der Waals surface area (Å²) in [6.07, 6.45) is 3.06. The Kier molecular flexibility index (Phi) is 6.60. The molecule has 0 atom stereocenters. The van der Waals surface area contributed by atoms with Crippen LogP contribution in [0.15, 0.2) is 52.9 Å². The Morgan fingerprint density at radius 2 is 1.72 bits per heavy atom. The highest BCUT2D eigenvalue weighted by molar-refractivity contribution is 5.89. The van der Waals surface area contributed by atoms with Crippen molar-refractivity contribution < 1.29 is 23.4 Å². The zero-order valence-electron chi connectivity index (χ0n) is 17.3. The third-order valence-electron chi connectivity index (χ3n) is 4.85. The highest BCUT2D eigenvalue weighted by Gasteiger charge is 2.18. The first-order valence-electron chi connectivity index (χ1n) is 9.65. The molecule has 3 aromatic rings. The van der Waals surface area contributed by atoms with E-state index in [4.69, 9.17) is 18.6 Å². The van der Waals surface area contributed by atoms with Crippen LogP contribution in [0.1, 0.15) is 35.7 Å². The van der Waals surface area contributed by atoms with Crippen molar-refractivity contribution in [1.29, 1.82) is 0 Å². The Balaban J connectivity index is 2.04. The van der Waals surface area contributed by atoms with Crippen LogP contribution in [0.3, 0.4) is 0 Å². The first-order valence-corrected chi connectivity index (χ1v) is 9.65. The lowest BCUT2D eigenvalue weighted by atomic mass is 10.0. The molecule has 0 fully saturated rings. The molecule has 0 bridgehead atoms.